The van der Waals surface area contributed by atoms with Crippen LogP contribution in [0, 0.1) is 5.92 Å². The Balaban J connectivity index is 1.35. The number of piperidine rings is 1. The largest absolute Gasteiger partial charge is 0.388 e. The SMILES string of the molecule is CC1(C)CC(=O)Nc2c(C(O)CCN3CCC(Cc4ccccc4)CC3)cc(Cl)cc21. The van der Waals surface area contributed by atoms with Crippen LogP contribution in [0.5, 0.6) is 0 Å². The van der Waals surface area contributed by atoms with E-state index in [1.165, 1.54) is 18.4 Å². The molecular weight excluding hydrogens is 408 g/mol. The van der Waals surface area contributed by atoms with Crippen molar-refractivity contribution in [3.63, 3.8) is 0 Å². The predicted octanol–water partition coefficient (Wildman–Crippen LogP) is 5.34. The van der Waals surface area contributed by atoms with Gasteiger partial charge in [-0.05, 0) is 68.0 Å². The summed E-state index contributed by atoms with van der Waals surface area (Å²) >= 11 is 6.39. The Morgan fingerprint density at radius 3 is 2.61 bits per heavy atom. The molecule has 5 heteroatoms. The van der Waals surface area contributed by atoms with Crippen molar-refractivity contribution in [1.29, 1.82) is 0 Å². The minimum Gasteiger partial charge on any atom is -0.388 e. The van der Waals surface area contributed by atoms with Gasteiger partial charge in [0.15, 0.2) is 0 Å². The van der Waals surface area contributed by atoms with Gasteiger partial charge in [0.1, 0.15) is 0 Å². The third kappa shape index (κ3) is 5.31. The summed E-state index contributed by atoms with van der Waals surface area (Å²) in [6.07, 6.45) is 3.95. The van der Waals surface area contributed by atoms with E-state index in [4.69, 9.17) is 11.6 Å². The molecule has 4 nitrogen and oxygen atoms in total. The normalized spacial score (nSPS) is 20.2. The highest BCUT2D eigenvalue weighted by molar-refractivity contribution is 6.31. The number of nitrogens with zero attached hydrogens (tertiary/aromatic N) is 1. The first-order valence-electron chi connectivity index (χ1n) is 11.4. The number of anilines is 1. The van der Waals surface area contributed by atoms with Crippen LogP contribution in [0.3, 0.4) is 0 Å². The molecule has 2 aliphatic heterocycles. The van der Waals surface area contributed by atoms with E-state index in [1.807, 2.05) is 6.07 Å². The maximum absolute atomic E-state index is 12.2. The van der Waals surface area contributed by atoms with Crippen molar-refractivity contribution in [3.8, 4) is 0 Å². The molecule has 2 aliphatic rings. The summed E-state index contributed by atoms with van der Waals surface area (Å²) < 4.78 is 0. The van der Waals surface area contributed by atoms with Gasteiger partial charge in [0.2, 0.25) is 5.91 Å². The highest BCUT2D eigenvalue weighted by atomic mass is 35.5. The molecule has 2 heterocycles. The summed E-state index contributed by atoms with van der Waals surface area (Å²) in [6, 6.07) is 14.5. The van der Waals surface area contributed by atoms with E-state index in [0.29, 0.717) is 17.9 Å². The second-order valence-corrected chi connectivity index (χ2v) is 10.2. The zero-order chi connectivity index (χ0) is 22.0. The van der Waals surface area contributed by atoms with Gasteiger partial charge in [-0.1, -0.05) is 55.8 Å². The molecule has 0 aliphatic carbocycles. The van der Waals surface area contributed by atoms with E-state index in [-0.39, 0.29) is 11.3 Å². The van der Waals surface area contributed by atoms with Crippen LogP contribution in [-0.2, 0) is 16.6 Å². The zero-order valence-corrected chi connectivity index (χ0v) is 19.3. The van der Waals surface area contributed by atoms with Crippen LogP contribution in [0.25, 0.3) is 0 Å². The first-order chi connectivity index (χ1) is 14.8. The molecule has 0 radical (unpaired) electrons. The van der Waals surface area contributed by atoms with Crippen molar-refractivity contribution < 1.29 is 9.90 Å². The first kappa shape index (κ1) is 22.3. The van der Waals surface area contributed by atoms with Crippen LogP contribution in [0.1, 0.15) is 62.3 Å². The number of hydrogen-bond donors (Lipinski definition) is 2. The van der Waals surface area contributed by atoms with E-state index in [2.05, 4.69) is 54.4 Å². The third-order valence-electron chi connectivity index (χ3n) is 6.88. The van der Waals surface area contributed by atoms with Gasteiger partial charge in [0.05, 0.1) is 11.8 Å². The van der Waals surface area contributed by atoms with Gasteiger partial charge >= 0.3 is 0 Å². The predicted molar refractivity (Wildman–Crippen MR) is 127 cm³/mol. The summed E-state index contributed by atoms with van der Waals surface area (Å²) in [7, 11) is 0. The van der Waals surface area contributed by atoms with E-state index < -0.39 is 6.10 Å². The lowest BCUT2D eigenvalue weighted by molar-refractivity contribution is -0.117. The lowest BCUT2D eigenvalue weighted by atomic mass is 9.76. The molecule has 0 bridgehead atoms. The van der Waals surface area contributed by atoms with Gasteiger partial charge in [-0.2, -0.15) is 0 Å². The van der Waals surface area contributed by atoms with Gasteiger partial charge in [-0.25, -0.2) is 0 Å². The molecule has 1 fully saturated rings. The monoisotopic (exact) mass is 440 g/mol. The summed E-state index contributed by atoms with van der Waals surface area (Å²) in [5.74, 6) is 0.731. The number of rotatable bonds is 6. The first-order valence-corrected chi connectivity index (χ1v) is 11.8. The Kier molecular flexibility index (Phi) is 6.71. The van der Waals surface area contributed by atoms with Crippen molar-refractivity contribution in [3.05, 3.63) is 64.2 Å². The fourth-order valence-corrected chi connectivity index (χ4v) is 5.29. The summed E-state index contributed by atoms with van der Waals surface area (Å²) in [6.45, 7) is 7.09. The smallest absolute Gasteiger partial charge is 0.225 e. The Labute approximate surface area is 190 Å². The minimum absolute atomic E-state index is 0.00578. The Morgan fingerprint density at radius 2 is 1.90 bits per heavy atom. The van der Waals surface area contributed by atoms with Crippen LogP contribution in [0.15, 0.2) is 42.5 Å². The van der Waals surface area contributed by atoms with Crippen LogP contribution in [0.4, 0.5) is 5.69 Å². The Hall–Kier alpha value is -1.88. The van der Waals surface area contributed by atoms with Gasteiger partial charge in [0.25, 0.3) is 0 Å². The molecule has 1 amide bonds. The number of likely N-dealkylation sites (tertiary alicyclic amines) is 1. The molecule has 0 saturated carbocycles. The topological polar surface area (TPSA) is 52.6 Å². The maximum Gasteiger partial charge on any atom is 0.225 e. The third-order valence-corrected chi connectivity index (χ3v) is 7.10. The van der Waals surface area contributed by atoms with E-state index in [9.17, 15) is 9.90 Å². The quantitative estimate of drug-likeness (QED) is 0.637. The highest BCUT2D eigenvalue weighted by Gasteiger charge is 2.34. The number of halogens is 1. The van der Waals surface area contributed by atoms with Crippen molar-refractivity contribution in [1.82, 2.24) is 4.90 Å². The molecule has 1 atom stereocenters. The van der Waals surface area contributed by atoms with Gasteiger partial charge < -0.3 is 15.3 Å². The molecule has 1 saturated heterocycles. The minimum atomic E-state index is -0.649. The summed E-state index contributed by atoms with van der Waals surface area (Å²) in [4.78, 5) is 14.7. The molecular formula is C26H33ClN2O2. The molecule has 2 aromatic rings. The van der Waals surface area contributed by atoms with Gasteiger partial charge in [-0.15, -0.1) is 0 Å². The maximum atomic E-state index is 12.2. The number of amides is 1. The Morgan fingerprint density at radius 1 is 1.19 bits per heavy atom. The van der Waals surface area contributed by atoms with E-state index in [1.54, 1.807) is 6.07 Å². The number of nitrogens with one attached hydrogen (secondary N) is 1. The molecule has 1 unspecified atom stereocenters. The number of carbonyl (C=O) groups is 1. The lowest BCUT2D eigenvalue weighted by Crippen LogP contribution is -2.36. The molecule has 4 rings (SSSR count). The van der Waals surface area contributed by atoms with Crippen molar-refractivity contribution in [2.45, 2.75) is 57.5 Å². The van der Waals surface area contributed by atoms with E-state index in [0.717, 1.165) is 48.8 Å². The van der Waals surface area contributed by atoms with Crippen LogP contribution in [-0.4, -0.2) is 35.5 Å². The number of hydrogen-bond acceptors (Lipinski definition) is 3. The number of carbonyl (C=O) groups excluding carboxylic acids is 1. The van der Waals surface area contributed by atoms with E-state index >= 15 is 0 Å². The average Bonchev–Trinajstić information content (AvgIpc) is 2.73. The van der Waals surface area contributed by atoms with Crippen molar-refractivity contribution >= 4 is 23.2 Å². The second kappa shape index (κ2) is 9.32. The number of fused-ring (bicyclic) bond motifs is 1. The Bertz CT molecular complexity index is 921. The molecule has 166 valence electrons. The standard InChI is InChI=1S/C26H33ClN2O2/c1-26(2)17-24(31)28-25-21(15-20(27)16-22(25)26)23(30)10-13-29-11-8-19(9-12-29)14-18-6-4-3-5-7-18/h3-7,15-16,19,23,30H,8-14,17H2,1-2H3,(H,28,31). The number of aliphatic hydroxyl groups is 1. The second-order valence-electron chi connectivity index (χ2n) is 9.81. The molecule has 0 aromatic heterocycles. The van der Waals surface area contributed by atoms with Crippen LogP contribution in [0.2, 0.25) is 5.02 Å². The molecule has 2 aromatic carbocycles. The zero-order valence-electron chi connectivity index (χ0n) is 18.5. The van der Waals surface area contributed by atoms with Gasteiger partial charge in [0, 0.05) is 29.0 Å². The highest BCUT2D eigenvalue weighted by Crippen LogP contribution is 2.43. The molecule has 0 spiro atoms. The average molecular weight is 441 g/mol. The summed E-state index contributed by atoms with van der Waals surface area (Å²) in [5, 5.41) is 14.6. The lowest BCUT2D eigenvalue weighted by Gasteiger charge is -2.35. The number of aliphatic hydroxyl groups excluding tert-OH is 1. The van der Waals surface area contributed by atoms with Crippen molar-refractivity contribution in [2.24, 2.45) is 5.92 Å². The fourth-order valence-electron chi connectivity index (χ4n) is 5.07. The molecule has 31 heavy (non-hydrogen) atoms. The van der Waals surface area contributed by atoms with Crippen LogP contribution >= 0.6 is 11.6 Å². The molecule has 2 N–H and O–H groups in total. The fraction of sp³-hybridized carbons (Fsp3) is 0.500. The van der Waals surface area contributed by atoms with Gasteiger partial charge in [-0.3, -0.25) is 4.79 Å². The number of benzene rings is 2. The van der Waals surface area contributed by atoms with Crippen molar-refractivity contribution in [2.75, 3.05) is 25.0 Å². The summed E-state index contributed by atoms with van der Waals surface area (Å²) in [5.41, 5.74) is 3.63. The van der Waals surface area contributed by atoms with Crippen LogP contribution < -0.4 is 5.32 Å².